The van der Waals surface area contributed by atoms with Gasteiger partial charge in [-0.25, -0.2) is 0 Å². The molecule has 0 bridgehead atoms. The van der Waals surface area contributed by atoms with Crippen LogP contribution in [0, 0.1) is 5.92 Å². The monoisotopic (exact) mass is 253 g/mol. The Labute approximate surface area is 110 Å². The van der Waals surface area contributed by atoms with Crippen molar-refractivity contribution in [3.8, 4) is 0 Å². The average Bonchev–Trinajstić information content (AvgIpc) is 2.78. The van der Waals surface area contributed by atoms with Crippen molar-refractivity contribution in [1.82, 2.24) is 10.2 Å². The van der Waals surface area contributed by atoms with Crippen molar-refractivity contribution in [3.63, 3.8) is 0 Å². The third kappa shape index (κ3) is 3.95. The van der Waals surface area contributed by atoms with E-state index in [4.69, 9.17) is 5.73 Å². The van der Waals surface area contributed by atoms with Crippen molar-refractivity contribution < 1.29 is 4.79 Å². The minimum absolute atomic E-state index is 0.201. The summed E-state index contributed by atoms with van der Waals surface area (Å²) in [6.07, 6.45) is 7.31. The molecule has 18 heavy (non-hydrogen) atoms. The Kier molecular flexibility index (Phi) is 5.01. The highest BCUT2D eigenvalue weighted by Gasteiger charge is 2.26. The fourth-order valence-electron chi connectivity index (χ4n) is 3.16. The number of hydrogen-bond donors (Lipinski definition) is 2. The maximum absolute atomic E-state index is 12.0. The fraction of sp³-hybridized carbons (Fsp3) is 0.929. The van der Waals surface area contributed by atoms with E-state index in [1.165, 1.54) is 19.3 Å². The first kappa shape index (κ1) is 13.8. The molecule has 1 aliphatic heterocycles. The molecular formula is C14H27N3O. The van der Waals surface area contributed by atoms with Crippen LogP contribution in [0.5, 0.6) is 0 Å². The maximum atomic E-state index is 12.0. The van der Waals surface area contributed by atoms with Gasteiger partial charge in [-0.05, 0) is 38.6 Å². The number of carbonyl (C=O) groups is 1. The molecule has 0 radical (unpaired) electrons. The van der Waals surface area contributed by atoms with Crippen LogP contribution in [0.25, 0.3) is 0 Å². The van der Waals surface area contributed by atoms with Gasteiger partial charge in [0.1, 0.15) is 0 Å². The quantitative estimate of drug-likeness (QED) is 0.789. The lowest BCUT2D eigenvalue weighted by molar-refractivity contribution is -0.123. The fourth-order valence-corrected chi connectivity index (χ4v) is 3.16. The summed E-state index contributed by atoms with van der Waals surface area (Å²) in [5.74, 6) is 0.764. The molecule has 2 atom stereocenters. The van der Waals surface area contributed by atoms with E-state index < -0.39 is 0 Å². The van der Waals surface area contributed by atoms with Gasteiger partial charge in [0, 0.05) is 18.6 Å². The molecule has 1 heterocycles. The van der Waals surface area contributed by atoms with Gasteiger partial charge in [-0.2, -0.15) is 0 Å². The first-order valence-corrected chi connectivity index (χ1v) is 7.42. The van der Waals surface area contributed by atoms with Crippen LogP contribution in [0.3, 0.4) is 0 Å². The summed E-state index contributed by atoms with van der Waals surface area (Å²) < 4.78 is 0. The predicted molar refractivity (Wildman–Crippen MR) is 73.2 cm³/mol. The van der Waals surface area contributed by atoms with Crippen LogP contribution in [0.15, 0.2) is 0 Å². The van der Waals surface area contributed by atoms with Gasteiger partial charge in [0.15, 0.2) is 0 Å². The second-order valence-electron chi connectivity index (χ2n) is 6.05. The Morgan fingerprint density at radius 1 is 1.33 bits per heavy atom. The van der Waals surface area contributed by atoms with Crippen molar-refractivity contribution in [2.75, 3.05) is 19.6 Å². The van der Waals surface area contributed by atoms with Crippen LogP contribution >= 0.6 is 0 Å². The molecule has 104 valence electrons. The Balaban J connectivity index is 1.68. The number of nitrogens with two attached hydrogens (primary N) is 1. The molecule has 0 spiro atoms. The summed E-state index contributed by atoms with van der Waals surface area (Å²) in [5.41, 5.74) is 5.91. The average molecular weight is 253 g/mol. The summed E-state index contributed by atoms with van der Waals surface area (Å²) in [5, 5.41) is 3.18. The molecule has 4 heteroatoms. The second-order valence-corrected chi connectivity index (χ2v) is 6.05. The highest BCUT2D eigenvalue weighted by molar-refractivity contribution is 5.78. The van der Waals surface area contributed by atoms with Gasteiger partial charge in [-0.3, -0.25) is 9.69 Å². The smallest absolute Gasteiger partial charge is 0.234 e. The van der Waals surface area contributed by atoms with Crippen molar-refractivity contribution in [1.29, 1.82) is 0 Å². The standard InChI is InChI=1S/C14H27N3O/c1-11(15)12-7-8-17(9-12)10-14(18)16-13-5-3-2-4-6-13/h11-13H,2-10,15H2,1H3,(H,16,18). The molecule has 2 fully saturated rings. The third-order valence-electron chi connectivity index (χ3n) is 4.39. The number of likely N-dealkylation sites (tertiary alicyclic amines) is 1. The molecule has 0 aromatic rings. The number of rotatable bonds is 4. The molecule has 1 amide bonds. The van der Waals surface area contributed by atoms with Gasteiger partial charge in [0.2, 0.25) is 5.91 Å². The van der Waals surface area contributed by atoms with Crippen LogP contribution in [-0.4, -0.2) is 42.5 Å². The first-order valence-electron chi connectivity index (χ1n) is 7.42. The molecule has 2 aliphatic rings. The SMILES string of the molecule is CC(N)C1CCN(CC(=O)NC2CCCCC2)C1. The van der Waals surface area contributed by atoms with Gasteiger partial charge in [-0.15, -0.1) is 0 Å². The molecule has 1 aliphatic carbocycles. The number of nitrogens with one attached hydrogen (secondary N) is 1. The van der Waals surface area contributed by atoms with E-state index in [1.807, 2.05) is 0 Å². The first-order chi connectivity index (χ1) is 8.65. The maximum Gasteiger partial charge on any atom is 0.234 e. The van der Waals surface area contributed by atoms with E-state index in [0.717, 1.165) is 32.4 Å². The van der Waals surface area contributed by atoms with Gasteiger partial charge in [0.25, 0.3) is 0 Å². The van der Waals surface area contributed by atoms with Crippen LogP contribution < -0.4 is 11.1 Å². The zero-order chi connectivity index (χ0) is 13.0. The Morgan fingerprint density at radius 3 is 2.67 bits per heavy atom. The zero-order valence-electron chi connectivity index (χ0n) is 11.5. The molecule has 3 N–H and O–H groups in total. The van der Waals surface area contributed by atoms with Crippen LogP contribution in [-0.2, 0) is 4.79 Å². The summed E-state index contributed by atoms with van der Waals surface area (Å²) in [6, 6.07) is 0.675. The van der Waals surface area contributed by atoms with Crippen molar-refractivity contribution in [3.05, 3.63) is 0 Å². The van der Waals surface area contributed by atoms with E-state index in [0.29, 0.717) is 18.5 Å². The molecule has 2 unspecified atom stereocenters. The summed E-state index contributed by atoms with van der Waals surface area (Å²) in [7, 11) is 0. The van der Waals surface area contributed by atoms with E-state index in [-0.39, 0.29) is 11.9 Å². The van der Waals surface area contributed by atoms with E-state index in [2.05, 4.69) is 17.1 Å². The van der Waals surface area contributed by atoms with Gasteiger partial charge in [-0.1, -0.05) is 19.3 Å². The van der Waals surface area contributed by atoms with E-state index in [1.54, 1.807) is 0 Å². The molecule has 0 aromatic carbocycles. The van der Waals surface area contributed by atoms with Crippen molar-refractivity contribution in [2.45, 2.75) is 57.5 Å². The highest BCUT2D eigenvalue weighted by Crippen LogP contribution is 2.19. The number of carbonyl (C=O) groups excluding carboxylic acids is 1. The lowest BCUT2D eigenvalue weighted by atomic mass is 9.95. The minimum Gasteiger partial charge on any atom is -0.352 e. The molecular weight excluding hydrogens is 226 g/mol. The second kappa shape index (κ2) is 6.53. The predicted octanol–water partition coefficient (Wildman–Crippen LogP) is 1.10. The Hall–Kier alpha value is -0.610. The largest absolute Gasteiger partial charge is 0.352 e. The molecule has 1 saturated carbocycles. The molecule has 1 saturated heterocycles. The molecule has 2 rings (SSSR count). The summed E-state index contributed by atoms with van der Waals surface area (Å²) >= 11 is 0. The topological polar surface area (TPSA) is 58.4 Å². The third-order valence-corrected chi connectivity index (χ3v) is 4.39. The number of amides is 1. The number of nitrogens with zero attached hydrogens (tertiary/aromatic N) is 1. The summed E-state index contributed by atoms with van der Waals surface area (Å²) in [6.45, 7) is 4.62. The molecule has 0 aromatic heterocycles. The lowest BCUT2D eigenvalue weighted by Crippen LogP contribution is -2.42. The van der Waals surface area contributed by atoms with Crippen molar-refractivity contribution >= 4 is 5.91 Å². The lowest BCUT2D eigenvalue weighted by Gasteiger charge is -2.24. The van der Waals surface area contributed by atoms with E-state index >= 15 is 0 Å². The normalized spacial score (nSPS) is 28.2. The minimum atomic E-state index is 0.201. The van der Waals surface area contributed by atoms with E-state index in [9.17, 15) is 4.79 Å². The number of hydrogen-bond acceptors (Lipinski definition) is 3. The summed E-state index contributed by atoms with van der Waals surface area (Å²) in [4.78, 5) is 14.2. The van der Waals surface area contributed by atoms with Crippen LogP contribution in [0.2, 0.25) is 0 Å². The van der Waals surface area contributed by atoms with Crippen LogP contribution in [0.4, 0.5) is 0 Å². The van der Waals surface area contributed by atoms with Gasteiger partial charge in [0.05, 0.1) is 6.54 Å². The van der Waals surface area contributed by atoms with Crippen LogP contribution in [0.1, 0.15) is 45.4 Å². The zero-order valence-corrected chi connectivity index (χ0v) is 11.5. The van der Waals surface area contributed by atoms with Gasteiger partial charge >= 0.3 is 0 Å². The van der Waals surface area contributed by atoms with Gasteiger partial charge < -0.3 is 11.1 Å². The Bertz CT molecular complexity index is 274. The molecule has 4 nitrogen and oxygen atoms in total. The Morgan fingerprint density at radius 2 is 2.06 bits per heavy atom. The van der Waals surface area contributed by atoms with Crippen molar-refractivity contribution in [2.24, 2.45) is 11.7 Å². The highest BCUT2D eigenvalue weighted by atomic mass is 16.2.